The van der Waals surface area contributed by atoms with Crippen LogP contribution in [0.5, 0.6) is 0 Å². The number of hydrogen-bond acceptors (Lipinski definition) is 3. The number of carbonyl (C=O) groups is 1. The molecule has 5 heteroatoms. The van der Waals surface area contributed by atoms with Crippen molar-refractivity contribution in [3.8, 4) is 12.1 Å². The third kappa shape index (κ3) is 3.88. The highest BCUT2D eigenvalue weighted by Crippen LogP contribution is 2.08. The minimum Gasteiger partial charge on any atom is -0.337 e. The number of carbonyl (C=O) groups excluding carboxylic acids is 1. The molecule has 0 unspecified atom stereocenters. The first kappa shape index (κ1) is 13.7. The molecule has 92 valence electrons. The Morgan fingerprint density at radius 2 is 1.61 bits per heavy atom. The molecule has 0 aromatic heterocycles. The lowest BCUT2D eigenvalue weighted by Crippen LogP contribution is -2.32. The van der Waals surface area contributed by atoms with Crippen LogP contribution in [0.3, 0.4) is 0 Å². The van der Waals surface area contributed by atoms with E-state index in [4.69, 9.17) is 10.5 Å². The van der Waals surface area contributed by atoms with E-state index in [1.54, 1.807) is 0 Å². The predicted molar refractivity (Wildman–Crippen MR) is 62.8 cm³/mol. The molecule has 1 amide bonds. The van der Waals surface area contributed by atoms with Gasteiger partial charge < -0.3 is 4.90 Å². The van der Waals surface area contributed by atoms with Gasteiger partial charge in [0.05, 0.1) is 25.0 Å². The van der Waals surface area contributed by atoms with Gasteiger partial charge in [0.1, 0.15) is 5.82 Å². The minimum atomic E-state index is -0.410. The standard InChI is InChI=1S/C13H12FN3O/c14-12-5-3-11(4-6-12)13(18)17(9-1-7-15)10-2-8-16/h3-6H,1-2,9-10H2. The van der Waals surface area contributed by atoms with Gasteiger partial charge in [-0.1, -0.05) is 0 Å². The van der Waals surface area contributed by atoms with Crippen molar-refractivity contribution in [2.45, 2.75) is 12.8 Å². The van der Waals surface area contributed by atoms with E-state index in [-0.39, 0.29) is 31.8 Å². The zero-order chi connectivity index (χ0) is 13.4. The van der Waals surface area contributed by atoms with Crippen molar-refractivity contribution in [2.24, 2.45) is 0 Å². The average Bonchev–Trinajstić information content (AvgIpc) is 2.39. The molecule has 0 aliphatic carbocycles. The van der Waals surface area contributed by atoms with Gasteiger partial charge in [0.15, 0.2) is 0 Å². The molecule has 0 fully saturated rings. The molecule has 1 aromatic rings. The van der Waals surface area contributed by atoms with Gasteiger partial charge >= 0.3 is 0 Å². The fourth-order valence-corrected chi connectivity index (χ4v) is 1.46. The highest BCUT2D eigenvalue weighted by atomic mass is 19.1. The quantitative estimate of drug-likeness (QED) is 0.797. The summed E-state index contributed by atoms with van der Waals surface area (Å²) >= 11 is 0. The van der Waals surface area contributed by atoms with E-state index in [0.717, 1.165) is 0 Å². The van der Waals surface area contributed by atoms with E-state index < -0.39 is 5.82 Å². The van der Waals surface area contributed by atoms with Crippen LogP contribution in [0.4, 0.5) is 4.39 Å². The van der Waals surface area contributed by atoms with Gasteiger partial charge in [0.2, 0.25) is 0 Å². The van der Waals surface area contributed by atoms with E-state index in [9.17, 15) is 9.18 Å². The first-order valence-corrected chi connectivity index (χ1v) is 5.47. The van der Waals surface area contributed by atoms with E-state index in [1.165, 1.54) is 29.2 Å². The molecule has 1 rings (SSSR count). The van der Waals surface area contributed by atoms with Crippen LogP contribution in [-0.4, -0.2) is 23.9 Å². The normalized spacial score (nSPS) is 9.28. The molecule has 0 bridgehead atoms. The molecule has 0 aliphatic heterocycles. The highest BCUT2D eigenvalue weighted by Gasteiger charge is 2.14. The number of halogens is 1. The van der Waals surface area contributed by atoms with Gasteiger partial charge in [-0.2, -0.15) is 10.5 Å². The Labute approximate surface area is 105 Å². The van der Waals surface area contributed by atoms with E-state index in [0.29, 0.717) is 5.56 Å². The smallest absolute Gasteiger partial charge is 0.253 e. The Kier molecular flexibility index (Phi) is 5.34. The average molecular weight is 245 g/mol. The topological polar surface area (TPSA) is 67.9 Å². The lowest BCUT2D eigenvalue weighted by molar-refractivity contribution is 0.0762. The van der Waals surface area contributed by atoms with Crippen molar-refractivity contribution >= 4 is 5.91 Å². The van der Waals surface area contributed by atoms with Crippen LogP contribution in [0.1, 0.15) is 23.2 Å². The van der Waals surface area contributed by atoms with Crippen molar-refractivity contribution < 1.29 is 9.18 Å². The van der Waals surface area contributed by atoms with Gasteiger partial charge in [-0.05, 0) is 24.3 Å². The summed E-state index contributed by atoms with van der Waals surface area (Å²) in [6.45, 7) is 0.544. The van der Waals surface area contributed by atoms with E-state index in [1.807, 2.05) is 12.1 Å². The summed E-state index contributed by atoms with van der Waals surface area (Å²) in [6.07, 6.45) is 0.413. The Balaban J connectivity index is 2.78. The van der Waals surface area contributed by atoms with Crippen LogP contribution in [0.2, 0.25) is 0 Å². The summed E-state index contributed by atoms with van der Waals surface area (Å²) < 4.78 is 12.7. The summed E-state index contributed by atoms with van der Waals surface area (Å²) in [5.74, 6) is -0.701. The SMILES string of the molecule is N#CCCN(CCC#N)C(=O)c1ccc(F)cc1. The number of hydrogen-bond donors (Lipinski definition) is 0. The summed E-state index contributed by atoms with van der Waals surface area (Å²) in [6, 6.07) is 9.11. The fourth-order valence-electron chi connectivity index (χ4n) is 1.46. The van der Waals surface area contributed by atoms with Crippen molar-refractivity contribution in [1.82, 2.24) is 4.90 Å². The fraction of sp³-hybridized carbons (Fsp3) is 0.308. The van der Waals surface area contributed by atoms with Crippen LogP contribution < -0.4 is 0 Å². The molecule has 0 heterocycles. The maximum absolute atomic E-state index is 12.7. The summed E-state index contributed by atoms with van der Waals surface area (Å²) in [5.41, 5.74) is 0.354. The summed E-state index contributed by atoms with van der Waals surface area (Å²) in [7, 11) is 0. The van der Waals surface area contributed by atoms with Crippen LogP contribution in [0.25, 0.3) is 0 Å². The monoisotopic (exact) mass is 245 g/mol. The van der Waals surface area contributed by atoms with Crippen LogP contribution in [0.15, 0.2) is 24.3 Å². The minimum absolute atomic E-state index is 0.207. The van der Waals surface area contributed by atoms with Crippen molar-refractivity contribution in [1.29, 1.82) is 10.5 Å². The van der Waals surface area contributed by atoms with Crippen molar-refractivity contribution in [3.05, 3.63) is 35.6 Å². The summed E-state index contributed by atoms with van der Waals surface area (Å²) in [4.78, 5) is 13.5. The highest BCUT2D eigenvalue weighted by molar-refractivity contribution is 5.94. The van der Waals surface area contributed by atoms with Crippen molar-refractivity contribution in [2.75, 3.05) is 13.1 Å². The molecule has 18 heavy (non-hydrogen) atoms. The molecule has 0 radical (unpaired) electrons. The molecule has 0 saturated carbocycles. The molecule has 0 atom stereocenters. The first-order valence-electron chi connectivity index (χ1n) is 5.47. The van der Waals surface area contributed by atoms with Crippen molar-refractivity contribution in [3.63, 3.8) is 0 Å². The molecular weight excluding hydrogens is 233 g/mol. The van der Waals surface area contributed by atoms with Crippen LogP contribution in [0, 0.1) is 28.5 Å². The van der Waals surface area contributed by atoms with Gasteiger partial charge in [0, 0.05) is 18.7 Å². The Morgan fingerprint density at radius 3 is 2.06 bits per heavy atom. The first-order chi connectivity index (χ1) is 8.69. The van der Waals surface area contributed by atoms with Gasteiger partial charge in [-0.25, -0.2) is 4.39 Å². The number of nitriles is 2. The predicted octanol–water partition coefficient (Wildman–Crippen LogP) is 2.10. The third-order valence-corrected chi connectivity index (χ3v) is 2.37. The maximum atomic E-state index is 12.7. The zero-order valence-corrected chi connectivity index (χ0v) is 9.77. The number of rotatable bonds is 5. The molecule has 0 aliphatic rings. The Bertz CT molecular complexity index is 466. The van der Waals surface area contributed by atoms with E-state index in [2.05, 4.69) is 0 Å². The van der Waals surface area contributed by atoms with Crippen LogP contribution in [-0.2, 0) is 0 Å². The molecular formula is C13H12FN3O. The second kappa shape index (κ2) is 7.03. The third-order valence-electron chi connectivity index (χ3n) is 2.37. The molecule has 0 spiro atoms. The zero-order valence-electron chi connectivity index (χ0n) is 9.77. The van der Waals surface area contributed by atoms with Crippen LogP contribution >= 0.6 is 0 Å². The number of benzene rings is 1. The van der Waals surface area contributed by atoms with Gasteiger partial charge in [-0.15, -0.1) is 0 Å². The second-order valence-corrected chi connectivity index (χ2v) is 3.62. The molecule has 4 nitrogen and oxygen atoms in total. The molecule has 0 saturated heterocycles. The lowest BCUT2D eigenvalue weighted by Gasteiger charge is -2.20. The Hall–Kier alpha value is -2.40. The van der Waals surface area contributed by atoms with E-state index >= 15 is 0 Å². The summed E-state index contributed by atoms with van der Waals surface area (Å²) in [5, 5.41) is 17.1. The number of amides is 1. The Morgan fingerprint density at radius 1 is 1.11 bits per heavy atom. The largest absolute Gasteiger partial charge is 0.337 e. The molecule has 1 aromatic carbocycles. The van der Waals surface area contributed by atoms with Gasteiger partial charge in [-0.3, -0.25) is 4.79 Å². The van der Waals surface area contributed by atoms with Gasteiger partial charge in [0.25, 0.3) is 5.91 Å². The maximum Gasteiger partial charge on any atom is 0.253 e. The second-order valence-electron chi connectivity index (χ2n) is 3.62. The molecule has 0 N–H and O–H groups in total. The lowest BCUT2D eigenvalue weighted by atomic mass is 10.2. The number of nitrogens with zero attached hydrogens (tertiary/aromatic N) is 3.